The highest BCUT2D eigenvalue weighted by Crippen LogP contribution is 2.35. The van der Waals surface area contributed by atoms with Crippen molar-refractivity contribution >= 4 is 5.91 Å². The second kappa shape index (κ2) is 7.22. The Bertz CT molecular complexity index is 461. The number of hydrogen-bond acceptors (Lipinski definition) is 4. The second-order valence-electron chi connectivity index (χ2n) is 6.56. The average Bonchev–Trinajstić information content (AvgIpc) is 3.09. The van der Waals surface area contributed by atoms with Crippen LogP contribution >= 0.6 is 0 Å². The van der Waals surface area contributed by atoms with E-state index in [4.69, 9.17) is 0 Å². The average molecular weight is 305 g/mol. The van der Waals surface area contributed by atoms with Crippen molar-refractivity contribution in [3.05, 3.63) is 12.4 Å². The number of aromatic nitrogens is 3. The van der Waals surface area contributed by atoms with Crippen LogP contribution in [-0.2, 0) is 11.3 Å². The van der Waals surface area contributed by atoms with Gasteiger partial charge in [-0.05, 0) is 38.8 Å². The minimum Gasteiger partial charge on any atom is -0.353 e. The molecular weight excluding hydrogens is 278 g/mol. The molecule has 122 valence electrons. The van der Waals surface area contributed by atoms with Crippen molar-refractivity contribution in [2.24, 2.45) is 0 Å². The van der Waals surface area contributed by atoms with E-state index in [9.17, 15) is 4.79 Å². The van der Waals surface area contributed by atoms with E-state index in [-0.39, 0.29) is 11.4 Å². The van der Waals surface area contributed by atoms with Gasteiger partial charge in [-0.2, -0.15) is 0 Å². The first-order valence-corrected chi connectivity index (χ1v) is 8.69. The van der Waals surface area contributed by atoms with E-state index in [1.54, 1.807) is 10.9 Å². The summed E-state index contributed by atoms with van der Waals surface area (Å²) in [6, 6.07) is 0. The Labute approximate surface area is 132 Å². The fraction of sp³-hybridized carbons (Fsp3) is 0.812. The molecule has 2 aliphatic rings. The van der Waals surface area contributed by atoms with Crippen LogP contribution in [0, 0.1) is 0 Å². The van der Waals surface area contributed by atoms with Crippen molar-refractivity contribution < 1.29 is 4.79 Å². The van der Waals surface area contributed by atoms with Gasteiger partial charge in [0.05, 0.1) is 12.7 Å². The molecule has 22 heavy (non-hydrogen) atoms. The van der Waals surface area contributed by atoms with Gasteiger partial charge in [0, 0.05) is 12.7 Å². The standard InChI is InChI=1S/C16H27N5O/c22-15(17-9-13-21-14-10-18-19-21)16(7-3-1-4-8-16)20-11-5-2-6-12-20/h10,14H,1-9,11-13H2,(H,17,22). The molecule has 0 radical (unpaired) electrons. The molecule has 1 N–H and O–H groups in total. The molecule has 1 saturated heterocycles. The van der Waals surface area contributed by atoms with Crippen LogP contribution in [0.25, 0.3) is 0 Å². The maximum atomic E-state index is 12.9. The van der Waals surface area contributed by atoms with Crippen molar-refractivity contribution in [2.45, 2.75) is 63.5 Å². The Hall–Kier alpha value is -1.43. The van der Waals surface area contributed by atoms with Gasteiger partial charge in [-0.15, -0.1) is 5.10 Å². The van der Waals surface area contributed by atoms with Crippen LogP contribution in [0.3, 0.4) is 0 Å². The van der Waals surface area contributed by atoms with Gasteiger partial charge < -0.3 is 5.32 Å². The van der Waals surface area contributed by atoms with Crippen LogP contribution < -0.4 is 5.32 Å². The quantitative estimate of drug-likeness (QED) is 0.897. The molecule has 1 aromatic rings. The Morgan fingerprint density at radius 1 is 1.09 bits per heavy atom. The fourth-order valence-electron chi connectivity index (χ4n) is 3.95. The van der Waals surface area contributed by atoms with Crippen LogP contribution in [0.15, 0.2) is 12.4 Å². The molecule has 6 heteroatoms. The molecular formula is C16H27N5O. The van der Waals surface area contributed by atoms with Crippen molar-refractivity contribution in [2.75, 3.05) is 19.6 Å². The lowest BCUT2D eigenvalue weighted by Crippen LogP contribution is -2.61. The van der Waals surface area contributed by atoms with Gasteiger partial charge in [-0.3, -0.25) is 14.4 Å². The van der Waals surface area contributed by atoms with Crippen molar-refractivity contribution in [1.82, 2.24) is 25.2 Å². The van der Waals surface area contributed by atoms with Crippen LogP contribution in [-0.4, -0.2) is 51.0 Å². The summed E-state index contributed by atoms with van der Waals surface area (Å²) < 4.78 is 1.76. The smallest absolute Gasteiger partial charge is 0.240 e. The molecule has 1 saturated carbocycles. The van der Waals surface area contributed by atoms with Crippen LogP contribution in [0.5, 0.6) is 0 Å². The molecule has 6 nitrogen and oxygen atoms in total. The van der Waals surface area contributed by atoms with Crippen molar-refractivity contribution in [1.29, 1.82) is 0 Å². The summed E-state index contributed by atoms with van der Waals surface area (Å²) in [6.45, 7) is 3.46. The molecule has 0 spiro atoms. The van der Waals surface area contributed by atoms with Gasteiger partial charge >= 0.3 is 0 Å². The number of nitrogens with zero attached hydrogens (tertiary/aromatic N) is 4. The predicted octanol–water partition coefficient (Wildman–Crippen LogP) is 1.58. The maximum Gasteiger partial charge on any atom is 0.240 e. The van der Waals surface area contributed by atoms with Gasteiger partial charge in [0.25, 0.3) is 0 Å². The monoisotopic (exact) mass is 305 g/mol. The van der Waals surface area contributed by atoms with E-state index in [2.05, 4.69) is 20.5 Å². The zero-order valence-corrected chi connectivity index (χ0v) is 13.3. The van der Waals surface area contributed by atoms with E-state index in [0.29, 0.717) is 13.1 Å². The Kier molecular flexibility index (Phi) is 5.08. The third kappa shape index (κ3) is 3.32. The molecule has 1 aliphatic carbocycles. The number of carbonyl (C=O) groups is 1. The highest BCUT2D eigenvalue weighted by atomic mass is 16.2. The van der Waals surface area contributed by atoms with E-state index < -0.39 is 0 Å². The Balaban J connectivity index is 1.61. The van der Waals surface area contributed by atoms with E-state index in [1.807, 2.05) is 6.20 Å². The minimum atomic E-state index is -0.249. The number of likely N-dealkylation sites (tertiary alicyclic amines) is 1. The third-order valence-corrected chi connectivity index (χ3v) is 5.16. The molecule has 1 aliphatic heterocycles. The molecule has 1 amide bonds. The normalized spacial score (nSPS) is 22.4. The Morgan fingerprint density at radius 2 is 1.82 bits per heavy atom. The topological polar surface area (TPSA) is 63.1 Å². The zero-order valence-electron chi connectivity index (χ0n) is 13.3. The zero-order chi connectivity index (χ0) is 15.3. The Morgan fingerprint density at radius 3 is 2.50 bits per heavy atom. The number of piperidine rings is 1. The van der Waals surface area contributed by atoms with Crippen molar-refractivity contribution in [3.8, 4) is 0 Å². The molecule has 1 aromatic heterocycles. The highest BCUT2D eigenvalue weighted by molar-refractivity contribution is 5.86. The first-order valence-electron chi connectivity index (χ1n) is 8.69. The molecule has 2 heterocycles. The second-order valence-corrected chi connectivity index (χ2v) is 6.56. The van der Waals surface area contributed by atoms with Gasteiger partial charge in [0.15, 0.2) is 0 Å². The van der Waals surface area contributed by atoms with Crippen LogP contribution in [0.2, 0.25) is 0 Å². The molecule has 0 aromatic carbocycles. The molecule has 2 fully saturated rings. The summed E-state index contributed by atoms with van der Waals surface area (Å²) in [7, 11) is 0. The molecule has 3 rings (SSSR count). The minimum absolute atomic E-state index is 0.231. The summed E-state index contributed by atoms with van der Waals surface area (Å²) >= 11 is 0. The fourth-order valence-corrected chi connectivity index (χ4v) is 3.95. The van der Waals surface area contributed by atoms with E-state index >= 15 is 0 Å². The summed E-state index contributed by atoms with van der Waals surface area (Å²) in [5.74, 6) is 0.231. The predicted molar refractivity (Wildman–Crippen MR) is 84.3 cm³/mol. The van der Waals surface area contributed by atoms with Crippen LogP contribution in [0.4, 0.5) is 0 Å². The molecule has 0 atom stereocenters. The van der Waals surface area contributed by atoms with Gasteiger partial charge in [0.2, 0.25) is 5.91 Å². The van der Waals surface area contributed by atoms with Gasteiger partial charge in [0.1, 0.15) is 5.54 Å². The van der Waals surface area contributed by atoms with Crippen molar-refractivity contribution in [3.63, 3.8) is 0 Å². The first kappa shape index (κ1) is 15.5. The number of carbonyl (C=O) groups excluding carboxylic acids is 1. The number of amides is 1. The first-order chi connectivity index (χ1) is 10.8. The van der Waals surface area contributed by atoms with E-state index in [1.165, 1.54) is 38.5 Å². The molecule has 0 unspecified atom stereocenters. The largest absolute Gasteiger partial charge is 0.353 e. The summed E-state index contributed by atoms with van der Waals surface area (Å²) in [5, 5.41) is 10.9. The molecule has 0 bridgehead atoms. The number of hydrogen-bond donors (Lipinski definition) is 1. The summed E-state index contributed by atoms with van der Waals surface area (Å²) in [6.07, 6.45) is 12.9. The SMILES string of the molecule is O=C(NCCn1ccnn1)C1(N2CCCCC2)CCCCC1. The summed E-state index contributed by atoms with van der Waals surface area (Å²) in [4.78, 5) is 15.4. The lowest BCUT2D eigenvalue weighted by molar-refractivity contribution is -0.137. The number of nitrogens with one attached hydrogen (secondary N) is 1. The highest BCUT2D eigenvalue weighted by Gasteiger charge is 2.44. The third-order valence-electron chi connectivity index (χ3n) is 5.16. The van der Waals surface area contributed by atoms with E-state index in [0.717, 1.165) is 25.9 Å². The maximum absolute atomic E-state index is 12.9. The number of rotatable bonds is 5. The van der Waals surface area contributed by atoms with Crippen LogP contribution in [0.1, 0.15) is 51.4 Å². The lowest BCUT2D eigenvalue weighted by Gasteiger charge is -2.46. The van der Waals surface area contributed by atoms with Gasteiger partial charge in [-0.1, -0.05) is 30.9 Å². The van der Waals surface area contributed by atoms with Gasteiger partial charge in [-0.25, -0.2) is 0 Å². The summed E-state index contributed by atoms with van der Waals surface area (Å²) in [5.41, 5.74) is -0.249. The lowest BCUT2D eigenvalue weighted by atomic mass is 9.78.